The highest BCUT2D eigenvalue weighted by molar-refractivity contribution is 6.32. The Morgan fingerprint density at radius 2 is 2.06 bits per heavy atom. The molecule has 0 atom stereocenters. The monoisotopic (exact) mass is 256 g/mol. The highest BCUT2D eigenvalue weighted by Gasteiger charge is 2.19. The van der Waals surface area contributed by atoms with Crippen LogP contribution in [0.25, 0.3) is 0 Å². The van der Waals surface area contributed by atoms with Gasteiger partial charge in [0, 0.05) is 26.2 Å². The standard InChI is InChI=1S/C11H17ClN4O/c1-3-15-4-6-16(7-5-15)10-9(12)8-13-11(14-10)17-2/h8H,3-7H2,1-2H3. The first kappa shape index (κ1) is 12.4. The van der Waals surface area contributed by atoms with E-state index in [2.05, 4.69) is 26.7 Å². The summed E-state index contributed by atoms with van der Waals surface area (Å²) in [5.74, 6) is 0.772. The van der Waals surface area contributed by atoms with E-state index in [9.17, 15) is 0 Å². The smallest absolute Gasteiger partial charge is 0.318 e. The van der Waals surface area contributed by atoms with Crippen LogP contribution < -0.4 is 9.64 Å². The first-order valence-corrected chi connectivity index (χ1v) is 6.16. The molecule has 0 spiro atoms. The Hall–Kier alpha value is -1.07. The van der Waals surface area contributed by atoms with Gasteiger partial charge in [-0.3, -0.25) is 0 Å². The Kier molecular flexibility index (Phi) is 4.02. The van der Waals surface area contributed by atoms with Gasteiger partial charge in [-0.1, -0.05) is 18.5 Å². The van der Waals surface area contributed by atoms with Gasteiger partial charge in [0.05, 0.1) is 13.3 Å². The third-order valence-corrected chi connectivity index (χ3v) is 3.27. The molecule has 0 N–H and O–H groups in total. The van der Waals surface area contributed by atoms with Crippen molar-refractivity contribution in [2.75, 3.05) is 44.7 Å². The van der Waals surface area contributed by atoms with Gasteiger partial charge in [-0.15, -0.1) is 0 Å². The molecule has 2 rings (SSSR count). The molecule has 6 heteroatoms. The maximum Gasteiger partial charge on any atom is 0.318 e. The van der Waals surface area contributed by atoms with Crippen LogP contribution in [0.2, 0.25) is 5.02 Å². The molecule has 0 aromatic carbocycles. The predicted octanol–water partition coefficient (Wildman–Crippen LogP) is 1.28. The van der Waals surface area contributed by atoms with E-state index in [1.807, 2.05) is 0 Å². The van der Waals surface area contributed by atoms with Crippen LogP contribution in [0, 0.1) is 0 Å². The highest BCUT2D eigenvalue weighted by Crippen LogP contribution is 2.25. The minimum atomic E-state index is 0.363. The second kappa shape index (κ2) is 5.51. The van der Waals surface area contributed by atoms with Crippen molar-refractivity contribution in [1.29, 1.82) is 0 Å². The van der Waals surface area contributed by atoms with Gasteiger partial charge < -0.3 is 14.5 Å². The lowest BCUT2D eigenvalue weighted by molar-refractivity contribution is 0.270. The molecule has 1 aliphatic heterocycles. The Labute approximate surface area is 106 Å². The number of nitrogens with zero attached hydrogens (tertiary/aromatic N) is 4. The summed E-state index contributed by atoms with van der Waals surface area (Å²) < 4.78 is 5.03. The first-order valence-electron chi connectivity index (χ1n) is 5.78. The number of methoxy groups -OCH3 is 1. The van der Waals surface area contributed by atoms with E-state index in [4.69, 9.17) is 16.3 Å². The van der Waals surface area contributed by atoms with Crippen LogP contribution in [0.1, 0.15) is 6.92 Å². The molecule has 1 aromatic rings. The minimum Gasteiger partial charge on any atom is -0.467 e. The molecule has 94 valence electrons. The second-order valence-corrected chi connectivity index (χ2v) is 4.36. The van der Waals surface area contributed by atoms with E-state index in [1.54, 1.807) is 13.3 Å². The summed E-state index contributed by atoms with van der Waals surface area (Å²) in [6.45, 7) is 7.23. The highest BCUT2D eigenvalue weighted by atomic mass is 35.5. The van der Waals surface area contributed by atoms with Crippen LogP contribution in [-0.2, 0) is 0 Å². The van der Waals surface area contributed by atoms with Crippen LogP contribution in [0.5, 0.6) is 6.01 Å². The number of halogens is 1. The Balaban J connectivity index is 2.12. The first-order chi connectivity index (χ1) is 8.24. The zero-order chi connectivity index (χ0) is 12.3. The Bertz CT molecular complexity index is 380. The molecule has 0 bridgehead atoms. The topological polar surface area (TPSA) is 41.5 Å². The molecule has 0 unspecified atom stereocenters. The molecular formula is C11H17ClN4O. The maximum atomic E-state index is 6.12. The van der Waals surface area contributed by atoms with Gasteiger partial charge in [0.1, 0.15) is 5.02 Å². The van der Waals surface area contributed by atoms with Crippen molar-refractivity contribution in [2.24, 2.45) is 0 Å². The number of aromatic nitrogens is 2. The molecule has 0 saturated carbocycles. The molecule has 1 saturated heterocycles. The van der Waals surface area contributed by atoms with E-state index < -0.39 is 0 Å². The van der Waals surface area contributed by atoms with E-state index in [0.717, 1.165) is 38.5 Å². The zero-order valence-electron chi connectivity index (χ0n) is 10.2. The molecule has 1 fully saturated rings. The van der Waals surface area contributed by atoms with Crippen molar-refractivity contribution < 1.29 is 4.74 Å². The molecule has 0 aliphatic carbocycles. The largest absolute Gasteiger partial charge is 0.467 e. The van der Waals surface area contributed by atoms with Gasteiger partial charge >= 0.3 is 6.01 Å². The van der Waals surface area contributed by atoms with Gasteiger partial charge in [0.2, 0.25) is 0 Å². The van der Waals surface area contributed by atoms with E-state index >= 15 is 0 Å². The quantitative estimate of drug-likeness (QED) is 0.815. The molecule has 5 nitrogen and oxygen atoms in total. The summed E-state index contributed by atoms with van der Waals surface area (Å²) in [6, 6.07) is 0.363. The third kappa shape index (κ3) is 2.79. The van der Waals surface area contributed by atoms with Gasteiger partial charge in [-0.05, 0) is 6.54 Å². The summed E-state index contributed by atoms with van der Waals surface area (Å²) >= 11 is 6.12. The molecule has 17 heavy (non-hydrogen) atoms. The Morgan fingerprint density at radius 3 is 2.65 bits per heavy atom. The van der Waals surface area contributed by atoms with Crippen molar-refractivity contribution in [1.82, 2.24) is 14.9 Å². The lowest BCUT2D eigenvalue weighted by atomic mass is 10.3. The number of ether oxygens (including phenoxy) is 1. The second-order valence-electron chi connectivity index (χ2n) is 3.95. The molecule has 1 aromatic heterocycles. The van der Waals surface area contributed by atoms with Crippen LogP contribution in [0.4, 0.5) is 5.82 Å². The number of anilines is 1. The van der Waals surface area contributed by atoms with Gasteiger partial charge in [-0.25, -0.2) is 4.98 Å². The number of hydrogen-bond donors (Lipinski definition) is 0. The normalized spacial score (nSPS) is 17.2. The minimum absolute atomic E-state index is 0.363. The van der Waals surface area contributed by atoms with Gasteiger partial charge in [0.15, 0.2) is 5.82 Å². The SMILES string of the molecule is CCN1CCN(c2nc(OC)ncc2Cl)CC1. The van der Waals surface area contributed by atoms with Crippen molar-refractivity contribution in [3.63, 3.8) is 0 Å². The number of piperazine rings is 1. The molecule has 2 heterocycles. The van der Waals surface area contributed by atoms with Crippen LogP contribution in [0.15, 0.2) is 6.20 Å². The van der Waals surface area contributed by atoms with E-state index in [-0.39, 0.29) is 0 Å². The van der Waals surface area contributed by atoms with Gasteiger partial charge in [0.25, 0.3) is 0 Å². The lowest BCUT2D eigenvalue weighted by Crippen LogP contribution is -2.46. The fraction of sp³-hybridized carbons (Fsp3) is 0.636. The van der Waals surface area contributed by atoms with Crippen LogP contribution >= 0.6 is 11.6 Å². The fourth-order valence-electron chi connectivity index (χ4n) is 1.94. The summed E-state index contributed by atoms with van der Waals surface area (Å²) in [7, 11) is 1.56. The number of hydrogen-bond acceptors (Lipinski definition) is 5. The van der Waals surface area contributed by atoms with Crippen LogP contribution in [0.3, 0.4) is 0 Å². The van der Waals surface area contributed by atoms with Crippen molar-refractivity contribution in [3.05, 3.63) is 11.2 Å². The molecular weight excluding hydrogens is 240 g/mol. The predicted molar refractivity (Wildman–Crippen MR) is 67.9 cm³/mol. The molecule has 1 aliphatic rings. The zero-order valence-corrected chi connectivity index (χ0v) is 10.9. The summed E-state index contributed by atoms with van der Waals surface area (Å²) in [5, 5.41) is 0.579. The number of rotatable bonds is 3. The van der Waals surface area contributed by atoms with E-state index in [1.165, 1.54) is 0 Å². The van der Waals surface area contributed by atoms with Crippen molar-refractivity contribution in [3.8, 4) is 6.01 Å². The fourth-order valence-corrected chi connectivity index (χ4v) is 2.15. The average Bonchev–Trinajstić information content (AvgIpc) is 2.39. The molecule has 0 amide bonds. The summed E-state index contributed by atoms with van der Waals surface area (Å²) in [6.07, 6.45) is 1.59. The maximum absolute atomic E-state index is 6.12. The molecule has 0 radical (unpaired) electrons. The third-order valence-electron chi connectivity index (χ3n) is 3.01. The van der Waals surface area contributed by atoms with Gasteiger partial charge in [-0.2, -0.15) is 4.98 Å². The van der Waals surface area contributed by atoms with Crippen molar-refractivity contribution in [2.45, 2.75) is 6.92 Å². The summed E-state index contributed by atoms with van der Waals surface area (Å²) in [5.41, 5.74) is 0. The average molecular weight is 257 g/mol. The number of likely N-dealkylation sites (N-methyl/N-ethyl adjacent to an activating group) is 1. The summed E-state index contributed by atoms with van der Waals surface area (Å²) in [4.78, 5) is 12.9. The van der Waals surface area contributed by atoms with Crippen LogP contribution in [-0.4, -0.2) is 54.7 Å². The Morgan fingerprint density at radius 1 is 1.35 bits per heavy atom. The lowest BCUT2D eigenvalue weighted by Gasteiger charge is -2.35. The van der Waals surface area contributed by atoms with E-state index in [0.29, 0.717) is 11.0 Å². The van der Waals surface area contributed by atoms with Crippen molar-refractivity contribution >= 4 is 17.4 Å².